The predicted octanol–water partition coefficient (Wildman–Crippen LogP) is 4.34. The summed E-state index contributed by atoms with van der Waals surface area (Å²) >= 11 is 0. The van der Waals surface area contributed by atoms with Crippen LogP contribution in [0.3, 0.4) is 0 Å². The SMILES string of the molecule is CC1OCC2(c3cc(NC(=O)c4cnc(C(F)F)cn4)ccc3F)N=C(NC(=O)OC(C)(C)C)OC(C)C12. The minimum atomic E-state index is -2.82. The van der Waals surface area contributed by atoms with Gasteiger partial charge in [0.1, 0.15) is 34.4 Å². The summed E-state index contributed by atoms with van der Waals surface area (Å²) in [6.07, 6.45) is -2.76. The molecule has 0 aliphatic carbocycles. The van der Waals surface area contributed by atoms with Gasteiger partial charge in [0.2, 0.25) is 0 Å². The van der Waals surface area contributed by atoms with E-state index in [1.54, 1.807) is 27.7 Å². The maximum absolute atomic E-state index is 15.4. The topological polar surface area (TPSA) is 124 Å². The van der Waals surface area contributed by atoms with E-state index in [4.69, 9.17) is 14.2 Å². The number of aliphatic imine (C=N–C) groups is 1. The zero-order valence-electron chi connectivity index (χ0n) is 21.4. The molecule has 2 aliphatic rings. The van der Waals surface area contributed by atoms with Gasteiger partial charge in [-0.25, -0.2) is 33.3 Å². The number of fused-ring (bicyclic) bond motifs is 1. The van der Waals surface area contributed by atoms with Crippen LogP contribution in [-0.2, 0) is 19.7 Å². The van der Waals surface area contributed by atoms with E-state index < -0.39 is 53.1 Å². The van der Waals surface area contributed by atoms with Crippen LogP contribution in [0.25, 0.3) is 0 Å². The molecule has 2 aliphatic heterocycles. The van der Waals surface area contributed by atoms with E-state index in [0.717, 1.165) is 12.4 Å². The summed E-state index contributed by atoms with van der Waals surface area (Å²) in [5, 5.41) is 5.05. The molecular formula is C25H28F3N5O5. The van der Waals surface area contributed by atoms with Crippen molar-refractivity contribution < 1.29 is 37.0 Å². The normalized spacial score (nSPS) is 24.8. The van der Waals surface area contributed by atoms with Crippen molar-refractivity contribution in [2.24, 2.45) is 10.9 Å². The van der Waals surface area contributed by atoms with E-state index in [2.05, 4.69) is 25.6 Å². The van der Waals surface area contributed by atoms with Crippen molar-refractivity contribution in [3.8, 4) is 0 Å². The molecule has 2 N–H and O–H groups in total. The van der Waals surface area contributed by atoms with Crippen molar-refractivity contribution in [2.45, 2.75) is 64.4 Å². The molecule has 0 spiro atoms. The van der Waals surface area contributed by atoms with Crippen LogP contribution in [0.5, 0.6) is 0 Å². The number of alkyl halides is 2. The molecule has 2 aromatic rings. The van der Waals surface area contributed by atoms with Gasteiger partial charge in [0.25, 0.3) is 18.4 Å². The molecule has 13 heteroatoms. The summed E-state index contributed by atoms with van der Waals surface area (Å²) in [4.78, 5) is 36.9. The van der Waals surface area contributed by atoms with Crippen LogP contribution in [0.2, 0.25) is 0 Å². The first-order chi connectivity index (χ1) is 17.8. The van der Waals surface area contributed by atoms with Crippen molar-refractivity contribution in [1.82, 2.24) is 15.3 Å². The minimum Gasteiger partial charge on any atom is -0.461 e. The molecule has 4 rings (SSSR count). The van der Waals surface area contributed by atoms with Gasteiger partial charge in [-0.15, -0.1) is 0 Å². The fraction of sp³-hybridized carbons (Fsp3) is 0.480. The molecule has 2 amide bonds. The number of nitrogens with zero attached hydrogens (tertiary/aromatic N) is 3. The summed E-state index contributed by atoms with van der Waals surface area (Å²) in [7, 11) is 0. The van der Waals surface area contributed by atoms with Crippen molar-refractivity contribution in [2.75, 3.05) is 11.9 Å². The van der Waals surface area contributed by atoms with Crippen LogP contribution in [0, 0.1) is 11.7 Å². The molecule has 1 aromatic carbocycles. The molecule has 10 nitrogen and oxygen atoms in total. The number of amides is 2. The molecule has 204 valence electrons. The van der Waals surface area contributed by atoms with Gasteiger partial charge in [-0.2, -0.15) is 0 Å². The second-order valence-corrected chi connectivity index (χ2v) is 10.1. The number of anilines is 1. The fourth-order valence-corrected chi connectivity index (χ4v) is 4.64. The van der Waals surface area contributed by atoms with E-state index in [-0.39, 0.29) is 35.7 Å². The third-order valence-corrected chi connectivity index (χ3v) is 6.15. The Hall–Kier alpha value is -3.74. The summed E-state index contributed by atoms with van der Waals surface area (Å²) in [5.41, 5.74) is -2.49. The first-order valence-electron chi connectivity index (χ1n) is 11.9. The van der Waals surface area contributed by atoms with Gasteiger partial charge in [0.15, 0.2) is 0 Å². The molecule has 0 radical (unpaired) electrons. The van der Waals surface area contributed by atoms with Gasteiger partial charge >= 0.3 is 6.09 Å². The number of nitrogens with one attached hydrogen (secondary N) is 2. The third-order valence-electron chi connectivity index (χ3n) is 6.15. The van der Waals surface area contributed by atoms with Crippen molar-refractivity contribution >= 4 is 23.7 Å². The van der Waals surface area contributed by atoms with E-state index in [9.17, 15) is 18.4 Å². The number of aromatic nitrogens is 2. The van der Waals surface area contributed by atoms with Gasteiger partial charge in [-0.3, -0.25) is 9.78 Å². The van der Waals surface area contributed by atoms with Crippen LogP contribution >= 0.6 is 0 Å². The van der Waals surface area contributed by atoms with Crippen LogP contribution in [0.4, 0.5) is 23.7 Å². The van der Waals surface area contributed by atoms with Gasteiger partial charge in [0.05, 0.1) is 31.0 Å². The number of amidine groups is 1. The summed E-state index contributed by atoms with van der Waals surface area (Å²) in [6, 6.07) is 3.77. The molecule has 4 atom stereocenters. The Kier molecular flexibility index (Phi) is 7.33. The maximum Gasteiger partial charge on any atom is 0.415 e. The Bertz CT molecular complexity index is 1250. The predicted molar refractivity (Wildman–Crippen MR) is 129 cm³/mol. The molecule has 38 heavy (non-hydrogen) atoms. The Morgan fingerprint density at radius 3 is 2.50 bits per heavy atom. The highest BCUT2D eigenvalue weighted by atomic mass is 19.3. The number of hydrogen-bond acceptors (Lipinski definition) is 8. The van der Waals surface area contributed by atoms with E-state index in [1.807, 2.05) is 6.92 Å². The highest BCUT2D eigenvalue weighted by Crippen LogP contribution is 2.48. The second kappa shape index (κ2) is 10.2. The number of rotatable bonds is 4. The maximum atomic E-state index is 15.4. The lowest BCUT2D eigenvalue weighted by atomic mass is 9.75. The number of benzene rings is 1. The summed E-state index contributed by atoms with van der Waals surface area (Å²) < 4.78 is 57.8. The monoisotopic (exact) mass is 535 g/mol. The van der Waals surface area contributed by atoms with E-state index >= 15 is 4.39 Å². The molecule has 1 saturated heterocycles. The van der Waals surface area contributed by atoms with Crippen molar-refractivity contribution in [3.05, 3.63) is 53.4 Å². The zero-order valence-corrected chi connectivity index (χ0v) is 21.4. The van der Waals surface area contributed by atoms with Gasteiger partial charge < -0.3 is 19.5 Å². The number of halogens is 3. The van der Waals surface area contributed by atoms with Crippen LogP contribution in [-0.4, -0.2) is 52.4 Å². The highest BCUT2D eigenvalue weighted by Gasteiger charge is 2.56. The zero-order chi connectivity index (χ0) is 27.8. The third kappa shape index (κ3) is 5.57. The van der Waals surface area contributed by atoms with Gasteiger partial charge in [-0.05, 0) is 52.8 Å². The molecule has 1 aromatic heterocycles. The number of carbonyl (C=O) groups is 2. The second-order valence-electron chi connectivity index (χ2n) is 10.1. The Morgan fingerprint density at radius 2 is 1.87 bits per heavy atom. The summed E-state index contributed by atoms with van der Waals surface area (Å²) in [6.45, 7) is 8.69. The Balaban J connectivity index is 1.66. The van der Waals surface area contributed by atoms with E-state index in [0.29, 0.717) is 0 Å². The quantitative estimate of drug-likeness (QED) is 0.597. The van der Waals surface area contributed by atoms with Crippen molar-refractivity contribution in [3.63, 3.8) is 0 Å². The number of hydrogen-bond donors (Lipinski definition) is 2. The Morgan fingerprint density at radius 1 is 1.13 bits per heavy atom. The summed E-state index contributed by atoms with van der Waals surface area (Å²) in [5.74, 6) is -1.77. The number of carbonyl (C=O) groups excluding carboxylic acids is 2. The highest BCUT2D eigenvalue weighted by molar-refractivity contribution is 6.02. The molecule has 0 bridgehead atoms. The standard InChI is InChI=1S/C25H28F3N5O5/c1-12-19-13(2)37-22(32-23(35)38-24(3,4)5)33-25(19,11-36-12)15-8-14(6-7-16(15)26)31-21(34)18-10-29-17(9-30-18)20(27)28/h6-10,12-13,19-20H,11H2,1-5H3,(H,31,34)(H,32,33,35). The lowest BCUT2D eigenvalue weighted by Gasteiger charge is -2.40. The first-order valence-corrected chi connectivity index (χ1v) is 11.9. The minimum absolute atomic E-state index is 0.0130. The number of ether oxygens (including phenoxy) is 3. The number of alkyl carbamates (subject to hydrolysis) is 1. The lowest BCUT2D eigenvalue weighted by molar-refractivity contribution is 0.0332. The first kappa shape index (κ1) is 27.3. The molecule has 4 unspecified atom stereocenters. The van der Waals surface area contributed by atoms with Crippen LogP contribution in [0.15, 0.2) is 35.6 Å². The molecule has 3 heterocycles. The Labute approximate surface area is 217 Å². The van der Waals surface area contributed by atoms with Crippen LogP contribution in [0.1, 0.15) is 62.8 Å². The van der Waals surface area contributed by atoms with Crippen LogP contribution < -0.4 is 10.6 Å². The molecular weight excluding hydrogens is 507 g/mol. The fourth-order valence-electron chi connectivity index (χ4n) is 4.64. The lowest BCUT2D eigenvalue weighted by Crippen LogP contribution is -2.51. The average molecular weight is 536 g/mol. The molecule has 1 fully saturated rings. The van der Waals surface area contributed by atoms with Gasteiger partial charge in [-0.1, -0.05) is 0 Å². The smallest absolute Gasteiger partial charge is 0.415 e. The van der Waals surface area contributed by atoms with E-state index in [1.165, 1.54) is 18.2 Å². The average Bonchev–Trinajstić information content (AvgIpc) is 3.16. The van der Waals surface area contributed by atoms with Gasteiger partial charge in [0, 0.05) is 11.3 Å². The molecule has 0 saturated carbocycles. The largest absolute Gasteiger partial charge is 0.461 e. The van der Waals surface area contributed by atoms with Crippen molar-refractivity contribution in [1.29, 1.82) is 0 Å².